The first kappa shape index (κ1) is 32.3. The molecule has 2 aliphatic heterocycles. The molecular weight excluding hydrogens is 643 g/mol. The van der Waals surface area contributed by atoms with E-state index in [1.807, 2.05) is 37.4 Å². The molecule has 2 N–H and O–H groups in total. The number of benzene rings is 1. The van der Waals surface area contributed by atoms with Crippen LogP contribution < -0.4 is 5.06 Å². The number of carboxylic acids is 1. The number of amides is 1. The van der Waals surface area contributed by atoms with Crippen molar-refractivity contribution in [3.05, 3.63) is 48.5 Å². The lowest BCUT2D eigenvalue weighted by Gasteiger charge is -2.26. The number of alkyl halides is 3. The molecule has 1 unspecified atom stereocenters. The highest BCUT2D eigenvalue weighted by Gasteiger charge is 2.58. The summed E-state index contributed by atoms with van der Waals surface area (Å²) in [5.74, 6) is -2.81. The predicted octanol–water partition coefficient (Wildman–Crippen LogP) is 4.70. The van der Waals surface area contributed by atoms with Crippen LogP contribution in [0.25, 0.3) is 44.3 Å². The summed E-state index contributed by atoms with van der Waals surface area (Å²) >= 11 is 0. The third-order valence-corrected chi connectivity index (χ3v) is 9.87. The maximum Gasteiger partial charge on any atom is 0.490 e. The van der Waals surface area contributed by atoms with Crippen LogP contribution in [0.5, 0.6) is 0 Å². The van der Waals surface area contributed by atoms with Crippen molar-refractivity contribution >= 4 is 39.5 Å². The minimum Gasteiger partial charge on any atom is -0.475 e. The first-order valence-corrected chi connectivity index (χ1v) is 15.6. The molecule has 3 aliphatic rings. The lowest BCUT2D eigenvalue weighted by molar-refractivity contribution is -0.192. The number of H-pyrrole nitrogens is 1. The number of hydroxylamine groups is 1. The third-order valence-electron chi connectivity index (χ3n) is 9.87. The van der Waals surface area contributed by atoms with E-state index in [4.69, 9.17) is 19.7 Å². The Bertz CT molecular complexity index is 2170. The standard InChI is InChI=1S/C31H31N9O2.C2HF3O2/c1-37-16-21(14-34-37)27-24(19-4-5-22-20(12-19)13-35-38(22)2)25-26-23(15-33-28(25)36-27)40(42-3)29(41)31(26)9-11-39(18-31)17-30(6-7-30)8-10-32;3-2(4,5)1(6)7/h4-5,12-16H,6-9,11,17-18H2,1-3H3,(H,33,36);(H,6,7). The molecule has 5 aromatic rings. The summed E-state index contributed by atoms with van der Waals surface area (Å²) < 4.78 is 35.4. The average Bonchev–Trinajstić information content (AvgIpc) is 3.51. The zero-order chi connectivity index (χ0) is 34.9. The van der Waals surface area contributed by atoms with E-state index in [9.17, 15) is 23.2 Å². The summed E-state index contributed by atoms with van der Waals surface area (Å²) in [7, 11) is 5.38. The number of carbonyl (C=O) groups is 2. The molecule has 0 radical (unpaired) electrons. The molecule has 254 valence electrons. The van der Waals surface area contributed by atoms with Crippen molar-refractivity contribution in [2.24, 2.45) is 19.5 Å². The number of aromatic amines is 1. The number of nitrogens with zero attached hydrogens (tertiary/aromatic N) is 8. The number of fused-ring (bicyclic) bond motifs is 5. The van der Waals surface area contributed by atoms with E-state index in [1.165, 1.54) is 5.06 Å². The molecule has 49 heavy (non-hydrogen) atoms. The van der Waals surface area contributed by atoms with Gasteiger partial charge in [-0.3, -0.25) is 19.0 Å². The van der Waals surface area contributed by atoms with E-state index >= 15 is 0 Å². The second-order valence-electron chi connectivity index (χ2n) is 13.0. The Hall–Kier alpha value is -5.27. The third kappa shape index (κ3) is 5.29. The largest absolute Gasteiger partial charge is 0.490 e. The molecule has 1 aliphatic carbocycles. The molecule has 1 amide bonds. The molecule has 2 fully saturated rings. The highest BCUT2D eigenvalue weighted by molar-refractivity contribution is 6.16. The van der Waals surface area contributed by atoms with Crippen molar-refractivity contribution in [3.8, 4) is 28.5 Å². The minimum absolute atomic E-state index is 0.0558. The first-order valence-electron chi connectivity index (χ1n) is 15.6. The fourth-order valence-electron chi connectivity index (χ4n) is 7.36. The van der Waals surface area contributed by atoms with Gasteiger partial charge in [-0.1, -0.05) is 6.07 Å². The zero-order valence-electron chi connectivity index (χ0n) is 26.9. The lowest BCUT2D eigenvalue weighted by Crippen LogP contribution is -2.42. The van der Waals surface area contributed by atoms with Crippen LogP contribution in [0.2, 0.25) is 0 Å². The Balaban J connectivity index is 0.000000491. The fourth-order valence-corrected chi connectivity index (χ4v) is 7.36. The van der Waals surface area contributed by atoms with E-state index in [0.29, 0.717) is 25.1 Å². The molecule has 1 saturated heterocycles. The van der Waals surface area contributed by atoms with Gasteiger partial charge >= 0.3 is 12.1 Å². The fraction of sp³-hybridized carbons (Fsp3) is 0.394. The van der Waals surface area contributed by atoms with Crippen LogP contribution >= 0.6 is 0 Å². The molecule has 1 saturated carbocycles. The minimum atomic E-state index is -5.08. The van der Waals surface area contributed by atoms with Crippen molar-refractivity contribution < 1.29 is 32.7 Å². The zero-order valence-corrected chi connectivity index (χ0v) is 26.9. The van der Waals surface area contributed by atoms with Gasteiger partial charge in [0, 0.05) is 67.3 Å². The number of carboxylic acid groups (broad SMARTS) is 1. The van der Waals surface area contributed by atoms with Gasteiger partial charge in [0.15, 0.2) is 0 Å². The Kier molecular flexibility index (Phi) is 7.52. The molecule has 1 aromatic carbocycles. The number of nitriles is 1. The first-order chi connectivity index (χ1) is 23.3. The number of hydrogen-bond acceptors (Lipinski definition) is 8. The predicted molar refractivity (Wildman–Crippen MR) is 171 cm³/mol. The number of pyridine rings is 1. The van der Waals surface area contributed by atoms with E-state index < -0.39 is 17.6 Å². The maximum absolute atomic E-state index is 14.3. The molecule has 6 heterocycles. The SMILES string of the molecule is CON1C(=O)C2(CCN(CC3(CC#N)CC3)C2)c2c1cnc1[nH]c(-c3cnn(C)c3)c(-c3ccc4c(cnn4C)c3)c21.O=C(O)C(F)(F)F. The summed E-state index contributed by atoms with van der Waals surface area (Å²) in [5, 5.41) is 28.8. The van der Waals surface area contributed by atoms with Gasteiger partial charge in [-0.25, -0.2) is 9.78 Å². The van der Waals surface area contributed by atoms with E-state index in [1.54, 1.807) is 18.0 Å². The number of aliphatic carboxylic acids is 1. The van der Waals surface area contributed by atoms with Crippen molar-refractivity contribution in [1.82, 2.24) is 34.4 Å². The van der Waals surface area contributed by atoms with Crippen LogP contribution in [-0.2, 0) is 33.9 Å². The van der Waals surface area contributed by atoms with Crippen LogP contribution in [0.4, 0.5) is 18.9 Å². The molecule has 1 atom stereocenters. The molecular formula is C33H32F3N9O4. The van der Waals surface area contributed by atoms with Crippen molar-refractivity contribution in [2.75, 3.05) is 31.8 Å². The Labute approximate surface area is 277 Å². The summed E-state index contributed by atoms with van der Waals surface area (Å²) in [6.07, 6.45) is 5.76. The van der Waals surface area contributed by atoms with Gasteiger partial charge < -0.3 is 15.0 Å². The summed E-state index contributed by atoms with van der Waals surface area (Å²) in [4.78, 5) is 39.7. The van der Waals surface area contributed by atoms with Gasteiger partial charge in [-0.2, -0.15) is 33.7 Å². The Morgan fingerprint density at radius 1 is 1.14 bits per heavy atom. The van der Waals surface area contributed by atoms with Crippen LogP contribution in [0.15, 0.2) is 43.0 Å². The summed E-state index contributed by atoms with van der Waals surface area (Å²) in [6.45, 7) is 2.21. The average molecular weight is 676 g/mol. The van der Waals surface area contributed by atoms with Crippen LogP contribution in [-0.4, -0.2) is 84.3 Å². The van der Waals surface area contributed by atoms with Gasteiger partial charge in [-0.05, 0) is 48.9 Å². The van der Waals surface area contributed by atoms with Crippen molar-refractivity contribution in [3.63, 3.8) is 0 Å². The van der Waals surface area contributed by atoms with Gasteiger partial charge in [0.25, 0.3) is 5.91 Å². The topological polar surface area (TPSA) is 158 Å². The molecule has 0 bridgehead atoms. The number of carbonyl (C=O) groups excluding carboxylic acids is 1. The van der Waals surface area contributed by atoms with Crippen LogP contribution in [0.1, 0.15) is 31.2 Å². The van der Waals surface area contributed by atoms with Crippen molar-refractivity contribution in [2.45, 2.75) is 37.3 Å². The number of aromatic nitrogens is 6. The number of halogens is 3. The van der Waals surface area contributed by atoms with Gasteiger partial charge in [0.05, 0.1) is 54.1 Å². The number of nitrogens with one attached hydrogen (secondary N) is 1. The van der Waals surface area contributed by atoms with Gasteiger partial charge in [0.2, 0.25) is 0 Å². The molecule has 1 spiro atoms. The normalized spacial score (nSPS) is 19.8. The second-order valence-corrected chi connectivity index (χ2v) is 13.0. The molecule has 4 aromatic heterocycles. The highest BCUT2D eigenvalue weighted by atomic mass is 19.4. The maximum atomic E-state index is 14.3. The van der Waals surface area contributed by atoms with Crippen LogP contribution in [0, 0.1) is 16.7 Å². The lowest BCUT2D eigenvalue weighted by atomic mass is 9.78. The van der Waals surface area contributed by atoms with Crippen molar-refractivity contribution in [1.29, 1.82) is 5.26 Å². The Morgan fingerprint density at radius 3 is 2.53 bits per heavy atom. The number of anilines is 1. The van der Waals surface area contributed by atoms with Gasteiger partial charge in [-0.15, -0.1) is 0 Å². The monoisotopic (exact) mass is 675 g/mol. The quantitative estimate of drug-likeness (QED) is 0.260. The molecule has 16 heteroatoms. The number of aryl methyl sites for hydroxylation is 2. The molecule has 13 nitrogen and oxygen atoms in total. The van der Waals surface area contributed by atoms with Crippen LogP contribution in [0.3, 0.4) is 0 Å². The number of rotatable bonds is 6. The van der Waals surface area contributed by atoms with E-state index in [0.717, 1.165) is 75.8 Å². The summed E-state index contributed by atoms with van der Waals surface area (Å²) in [6, 6.07) is 8.74. The Morgan fingerprint density at radius 2 is 1.90 bits per heavy atom. The summed E-state index contributed by atoms with van der Waals surface area (Å²) in [5.41, 5.74) is 6.53. The number of likely N-dealkylation sites (tertiary alicyclic amines) is 1. The van der Waals surface area contributed by atoms with E-state index in [2.05, 4.69) is 44.3 Å². The van der Waals surface area contributed by atoms with E-state index in [-0.39, 0.29) is 11.3 Å². The number of hydrogen-bond donors (Lipinski definition) is 2. The second kappa shape index (κ2) is 11.4. The molecule has 8 rings (SSSR count). The highest BCUT2D eigenvalue weighted by Crippen LogP contribution is 2.55. The van der Waals surface area contributed by atoms with Gasteiger partial charge in [0.1, 0.15) is 5.65 Å². The smallest absolute Gasteiger partial charge is 0.475 e.